The van der Waals surface area contributed by atoms with Crippen LogP contribution in [0.15, 0.2) is 4.99 Å². The molecule has 2 rings (SSSR count). The summed E-state index contributed by atoms with van der Waals surface area (Å²) >= 11 is 0. The molecule has 5 atom stereocenters. The second kappa shape index (κ2) is 6.41. The molecule has 0 bridgehead atoms. The average Bonchev–Trinajstić information content (AvgIpc) is 3.09. The molecule has 5 unspecified atom stereocenters. The van der Waals surface area contributed by atoms with Crippen molar-refractivity contribution in [2.45, 2.75) is 59.8 Å². The maximum atomic E-state index is 4.17. The van der Waals surface area contributed by atoms with Gasteiger partial charge in [0.2, 0.25) is 0 Å². The largest absolute Gasteiger partial charge is 0.301 e. The van der Waals surface area contributed by atoms with Crippen molar-refractivity contribution >= 4 is 6.21 Å². The minimum Gasteiger partial charge on any atom is -0.301 e. The van der Waals surface area contributed by atoms with E-state index in [0.717, 1.165) is 41.4 Å². The zero-order valence-electron chi connectivity index (χ0n) is 13.6. The Morgan fingerprint density at radius 2 is 1.84 bits per heavy atom. The minimum absolute atomic E-state index is 0.834. The molecule has 110 valence electrons. The van der Waals surface area contributed by atoms with Crippen molar-refractivity contribution in [3.05, 3.63) is 0 Å². The average molecular weight is 263 g/mol. The van der Waals surface area contributed by atoms with E-state index in [1.165, 1.54) is 32.1 Å². The Labute approximate surface area is 120 Å². The molecule has 0 amide bonds. The quantitative estimate of drug-likeness (QED) is 0.569. The van der Waals surface area contributed by atoms with Crippen LogP contribution in [0.2, 0.25) is 0 Å². The minimum atomic E-state index is 0.834. The molecule has 19 heavy (non-hydrogen) atoms. The molecular formula is C18H33N. The smallest absolute Gasteiger partial charge is 0.0273 e. The maximum Gasteiger partial charge on any atom is 0.0273 e. The fourth-order valence-electron chi connectivity index (χ4n) is 4.07. The van der Waals surface area contributed by atoms with Crippen LogP contribution >= 0.6 is 0 Å². The molecule has 2 saturated carbocycles. The van der Waals surface area contributed by atoms with Gasteiger partial charge in [-0.2, -0.15) is 0 Å². The van der Waals surface area contributed by atoms with E-state index in [0.29, 0.717) is 0 Å². The van der Waals surface area contributed by atoms with E-state index in [4.69, 9.17) is 0 Å². The topological polar surface area (TPSA) is 12.4 Å². The summed E-state index contributed by atoms with van der Waals surface area (Å²) in [4.78, 5) is 4.17. The number of nitrogens with zero attached hydrogens (tertiary/aromatic N) is 1. The monoisotopic (exact) mass is 263 g/mol. The van der Waals surface area contributed by atoms with E-state index in [1.54, 1.807) is 0 Å². The van der Waals surface area contributed by atoms with Crippen molar-refractivity contribution in [2.75, 3.05) is 7.05 Å². The molecule has 0 aromatic carbocycles. The third kappa shape index (κ3) is 3.61. The Hall–Kier alpha value is -0.330. The van der Waals surface area contributed by atoms with Crippen LogP contribution in [0.4, 0.5) is 0 Å². The summed E-state index contributed by atoms with van der Waals surface area (Å²) in [5.41, 5.74) is 0. The molecule has 1 heteroatoms. The fraction of sp³-hybridized carbons (Fsp3) is 0.944. The van der Waals surface area contributed by atoms with E-state index < -0.39 is 0 Å². The molecule has 0 saturated heterocycles. The highest BCUT2D eigenvalue weighted by atomic mass is 14.7. The lowest BCUT2D eigenvalue weighted by molar-refractivity contribution is 0.0729. The van der Waals surface area contributed by atoms with Crippen molar-refractivity contribution < 1.29 is 0 Å². The molecule has 0 aromatic heterocycles. The first-order chi connectivity index (χ1) is 9.06. The van der Waals surface area contributed by atoms with Crippen molar-refractivity contribution in [1.82, 2.24) is 0 Å². The molecule has 0 aliphatic heterocycles. The van der Waals surface area contributed by atoms with Crippen molar-refractivity contribution in [3.8, 4) is 0 Å². The first-order valence-corrected chi connectivity index (χ1v) is 8.49. The summed E-state index contributed by atoms with van der Waals surface area (Å²) in [6.07, 6.45) is 9.42. The van der Waals surface area contributed by atoms with Crippen LogP contribution in [0, 0.1) is 41.4 Å². The van der Waals surface area contributed by atoms with Gasteiger partial charge in [0.25, 0.3) is 0 Å². The van der Waals surface area contributed by atoms with Gasteiger partial charge < -0.3 is 4.99 Å². The van der Waals surface area contributed by atoms with Crippen LogP contribution < -0.4 is 0 Å². The van der Waals surface area contributed by atoms with Gasteiger partial charge in [0, 0.05) is 13.3 Å². The standard InChI is InChI=1S/C18H33N/c1-6-12(2)13(3)14(4)16-7-15(8-16)9-17-10-18(17)11-19-5/h11-18H,6-10H2,1-5H3. The molecule has 2 aliphatic rings. The van der Waals surface area contributed by atoms with Gasteiger partial charge in [0.05, 0.1) is 0 Å². The Bertz CT molecular complexity index is 303. The van der Waals surface area contributed by atoms with E-state index >= 15 is 0 Å². The molecule has 1 nitrogen and oxygen atoms in total. The van der Waals surface area contributed by atoms with Crippen LogP contribution in [0.5, 0.6) is 0 Å². The van der Waals surface area contributed by atoms with Gasteiger partial charge in [0.15, 0.2) is 0 Å². The van der Waals surface area contributed by atoms with E-state index in [2.05, 4.69) is 38.9 Å². The molecule has 2 fully saturated rings. The summed E-state index contributed by atoms with van der Waals surface area (Å²) in [6, 6.07) is 0. The lowest BCUT2D eigenvalue weighted by Crippen LogP contribution is -2.34. The second-order valence-corrected chi connectivity index (χ2v) is 7.50. The van der Waals surface area contributed by atoms with Crippen LogP contribution in [0.3, 0.4) is 0 Å². The molecular weight excluding hydrogens is 230 g/mol. The summed E-state index contributed by atoms with van der Waals surface area (Å²) in [5.74, 6) is 6.60. The second-order valence-electron chi connectivity index (χ2n) is 7.50. The molecule has 0 radical (unpaired) electrons. The lowest BCUT2D eigenvalue weighted by atomic mass is 9.63. The predicted octanol–water partition coefficient (Wildman–Crippen LogP) is 5.06. The first kappa shape index (κ1) is 15.1. The normalized spacial score (nSPS) is 38.8. The molecule has 0 heterocycles. The van der Waals surface area contributed by atoms with Crippen LogP contribution in [0.25, 0.3) is 0 Å². The lowest BCUT2D eigenvalue weighted by Gasteiger charge is -2.43. The molecule has 0 N–H and O–H groups in total. The number of hydrogen-bond acceptors (Lipinski definition) is 1. The Balaban J connectivity index is 1.66. The fourth-order valence-corrected chi connectivity index (χ4v) is 4.07. The highest BCUT2D eigenvalue weighted by Crippen LogP contribution is 2.50. The molecule has 2 aliphatic carbocycles. The summed E-state index contributed by atoms with van der Waals surface area (Å²) in [5, 5.41) is 0. The van der Waals surface area contributed by atoms with E-state index in [1.807, 2.05) is 7.05 Å². The van der Waals surface area contributed by atoms with Crippen molar-refractivity contribution in [2.24, 2.45) is 46.4 Å². The Morgan fingerprint density at radius 1 is 1.16 bits per heavy atom. The number of aliphatic imine (C=N–C) groups is 1. The maximum absolute atomic E-state index is 4.17. The van der Waals surface area contributed by atoms with Gasteiger partial charge in [-0.1, -0.05) is 34.1 Å². The van der Waals surface area contributed by atoms with Gasteiger partial charge >= 0.3 is 0 Å². The molecule has 0 aromatic rings. The summed E-state index contributed by atoms with van der Waals surface area (Å²) in [7, 11) is 1.91. The van der Waals surface area contributed by atoms with Gasteiger partial charge in [-0.3, -0.25) is 0 Å². The van der Waals surface area contributed by atoms with Gasteiger partial charge in [0.1, 0.15) is 0 Å². The van der Waals surface area contributed by atoms with Gasteiger partial charge in [-0.15, -0.1) is 0 Å². The Kier molecular flexibility index (Phi) is 5.09. The van der Waals surface area contributed by atoms with Crippen LogP contribution in [0.1, 0.15) is 59.8 Å². The zero-order valence-corrected chi connectivity index (χ0v) is 13.6. The molecule has 0 spiro atoms. The van der Waals surface area contributed by atoms with Gasteiger partial charge in [-0.25, -0.2) is 0 Å². The summed E-state index contributed by atoms with van der Waals surface area (Å²) in [6.45, 7) is 9.73. The number of rotatable bonds is 7. The van der Waals surface area contributed by atoms with E-state index in [-0.39, 0.29) is 0 Å². The van der Waals surface area contributed by atoms with Crippen molar-refractivity contribution in [1.29, 1.82) is 0 Å². The third-order valence-electron chi connectivity index (χ3n) is 6.34. The first-order valence-electron chi connectivity index (χ1n) is 8.49. The number of hydrogen-bond donors (Lipinski definition) is 0. The van der Waals surface area contributed by atoms with Crippen molar-refractivity contribution in [3.63, 3.8) is 0 Å². The third-order valence-corrected chi connectivity index (χ3v) is 6.34. The Morgan fingerprint density at radius 3 is 2.42 bits per heavy atom. The highest BCUT2D eigenvalue weighted by Gasteiger charge is 2.42. The highest BCUT2D eigenvalue weighted by molar-refractivity contribution is 5.64. The van der Waals surface area contributed by atoms with Gasteiger partial charge in [-0.05, 0) is 67.1 Å². The zero-order chi connectivity index (χ0) is 14.0. The van der Waals surface area contributed by atoms with Crippen LogP contribution in [-0.2, 0) is 0 Å². The predicted molar refractivity (Wildman–Crippen MR) is 84.6 cm³/mol. The van der Waals surface area contributed by atoms with Crippen LogP contribution in [-0.4, -0.2) is 13.3 Å². The van der Waals surface area contributed by atoms with E-state index in [9.17, 15) is 0 Å². The SMILES string of the molecule is CCC(C)C(C)C(C)C1CC(CC2CC2C=NC)C1. The summed E-state index contributed by atoms with van der Waals surface area (Å²) < 4.78 is 0.